The first-order valence-electron chi connectivity index (χ1n) is 19.0. The van der Waals surface area contributed by atoms with Gasteiger partial charge in [0.15, 0.2) is 0 Å². The molecule has 3 aliphatic rings. The molecule has 0 aliphatic carbocycles. The Balaban J connectivity index is 1.25. The summed E-state index contributed by atoms with van der Waals surface area (Å²) in [6.45, 7) is 7.40. The highest BCUT2D eigenvalue weighted by Crippen LogP contribution is 2.59. The summed E-state index contributed by atoms with van der Waals surface area (Å²) >= 11 is 0. The van der Waals surface area contributed by atoms with Crippen LogP contribution in [0.4, 0.5) is 5.69 Å². The number of allylic oxidation sites excluding steroid dienone is 1. The van der Waals surface area contributed by atoms with Gasteiger partial charge in [-0.3, -0.25) is 19.2 Å². The summed E-state index contributed by atoms with van der Waals surface area (Å²) in [5.41, 5.74) is 0.854. The number of carbonyl (C=O) groups excluding carboxylic acids is 4. The van der Waals surface area contributed by atoms with Crippen molar-refractivity contribution in [3.05, 3.63) is 140 Å². The lowest BCUT2D eigenvalue weighted by atomic mass is 9.70. The normalized spacial score (nSPS) is 23.5. The predicted molar refractivity (Wildman–Crippen MR) is 210 cm³/mol. The van der Waals surface area contributed by atoms with Crippen LogP contribution in [-0.2, 0) is 35.1 Å². The average Bonchev–Trinajstić information content (AvgIpc) is 3.87. The fourth-order valence-electron chi connectivity index (χ4n) is 8.75. The Kier molecular flexibility index (Phi) is 11.3. The number of ether oxygens (including phenoxy) is 2. The number of amides is 3. The molecule has 7 atom stereocenters. The number of carbonyl (C=O) groups is 4. The van der Waals surface area contributed by atoms with Gasteiger partial charge in [0.1, 0.15) is 17.7 Å². The van der Waals surface area contributed by atoms with Crippen LogP contribution in [0.2, 0.25) is 0 Å². The Hall–Kier alpha value is -5.58. The second-order valence-electron chi connectivity index (χ2n) is 14.6. The van der Waals surface area contributed by atoms with E-state index in [4.69, 9.17) is 9.47 Å². The number of anilines is 1. The molecule has 3 aliphatic heterocycles. The number of benzene rings is 4. The maximum Gasteiger partial charge on any atom is 0.313 e. The molecule has 284 valence electrons. The maximum atomic E-state index is 15.2. The molecule has 7 rings (SSSR count). The van der Waals surface area contributed by atoms with Crippen molar-refractivity contribution in [1.29, 1.82) is 0 Å². The van der Waals surface area contributed by atoms with Gasteiger partial charge in [-0.1, -0.05) is 103 Å². The minimum atomic E-state index is -1.34. The van der Waals surface area contributed by atoms with E-state index >= 15 is 9.59 Å². The van der Waals surface area contributed by atoms with Crippen LogP contribution >= 0.6 is 0 Å². The van der Waals surface area contributed by atoms with Crippen LogP contribution in [0.15, 0.2) is 128 Å². The molecule has 0 saturated carbocycles. The van der Waals surface area contributed by atoms with Crippen molar-refractivity contribution in [2.75, 3.05) is 24.6 Å². The number of aliphatic hydroxyl groups excluding tert-OH is 1. The average molecular weight is 742 g/mol. The van der Waals surface area contributed by atoms with E-state index in [1.165, 1.54) is 4.90 Å². The van der Waals surface area contributed by atoms with Crippen LogP contribution in [0.5, 0.6) is 0 Å². The van der Waals surface area contributed by atoms with E-state index in [0.717, 1.165) is 16.3 Å². The highest BCUT2D eigenvalue weighted by molar-refractivity contribution is 6.05. The summed E-state index contributed by atoms with van der Waals surface area (Å²) in [7, 11) is 0. The summed E-state index contributed by atoms with van der Waals surface area (Å²) in [5, 5.41) is 15.8. The number of rotatable bonds is 16. The lowest BCUT2D eigenvalue weighted by Crippen LogP contribution is -2.59. The van der Waals surface area contributed by atoms with E-state index < -0.39 is 60.2 Å². The molecule has 10 nitrogen and oxygen atoms in total. The monoisotopic (exact) mass is 741 g/mol. The Morgan fingerprint density at radius 3 is 2.38 bits per heavy atom. The van der Waals surface area contributed by atoms with Crippen molar-refractivity contribution in [2.45, 2.75) is 62.0 Å². The summed E-state index contributed by atoms with van der Waals surface area (Å²) < 4.78 is 13.0. The van der Waals surface area contributed by atoms with Gasteiger partial charge in [0.25, 0.3) is 5.91 Å². The van der Waals surface area contributed by atoms with E-state index in [1.54, 1.807) is 17.1 Å². The molecule has 1 spiro atoms. The van der Waals surface area contributed by atoms with E-state index in [0.29, 0.717) is 30.5 Å². The zero-order valence-corrected chi connectivity index (χ0v) is 30.8. The minimum Gasteiger partial charge on any atom is -0.455 e. The Bertz CT molecular complexity index is 2060. The fourth-order valence-corrected chi connectivity index (χ4v) is 8.75. The third-order valence-electron chi connectivity index (χ3n) is 11.3. The zero-order valence-electron chi connectivity index (χ0n) is 30.8. The first-order valence-corrected chi connectivity index (χ1v) is 19.0. The number of hydrogen-bond acceptors (Lipinski definition) is 7. The molecule has 3 fully saturated rings. The smallest absolute Gasteiger partial charge is 0.313 e. The second kappa shape index (κ2) is 16.4. The number of fused-ring (bicyclic) bond motifs is 2. The topological polar surface area (TPSA) is 125 Å². The zero-order chi connectivity index (χ0) is 38.5. The van der Waals surface area contributed by atoms with E-state index in [9.17, 15) is 14.7 Å². The molecule has 3 amide bonds. The van der Waals surface area contributed by atoms with Crippen LogP contribution in [0.3, 0.4) is 0 Å². The number of nitrogens with zero attached hydrogens (tertiary/aromatic N) is 2. The van der Waals surface area contributed by atoms with Crippen molar-refractivity contribution >= 4 is 40.2 Å². The Morgan fingerprint density at radius 2 is 1.67 bits per heavy atom. The molecule has 0 aromatic heterocycles. The molecular formula is C45H47N3O7. The fraction of sp³-hybridized carbons (Fsp3) is 0.333. The lowest BCUT2D eigenvalue weighted by molar-refractivity contribution is -0.161. The lowest BCUT2D eigenvalue weighted by Gasteiger charge is -2.39. The third-order valence-corrected chi connectivity index (χ3v) is 11.3. The van der Waals surface area contributed by atoms with Gasteiger partial charge in [0.2, 0.25) is 11.8 Å². The van der Waals surface area contributed by atoms with Crippen LogP contribution in [0.1, 0.15) is 42.9 Å². The Morgan fingerprint density at radius 1 is 0.964 bits per heavy atom. The number of aliphatic hydroxyl groups is 1. The first-order chi connectivity index (χ1) is 26.8. The Labute approximate surface area is 321 Å². The summed E-state index contributed by atoms with van der Waals surface area (Å²) in [4.78, 5) is 60.4. The van der Waals surface area contributed by atoms with Crippen molar-refractivity contribution in [2.24, 2.45) is 11.8 Å². The van der Waals surface area contributed by atoms with Gasteiger partial charge >= 0.3 is 5.97 Å². The van der Waals surface area contributed by atoms with E-state index in [1.807, 2.05) is 103 Å². The van der Waals surface area contributed by atoms with E-state index in [2.05, 4.69) is 18.5 Å². The van der Waals surface area contributed by atoms with Crippen molar-refractivity contribution < 1.29 is 33.8 Å². The standard InChI is InChI=1S/C45H47N3O7/c1-3-5-20-38(50)46-28-37(32-17-10-7-11-18-32)54-44(53)39-36-23-24-45(55-36)40(39)42(51)48(35(29-49)26-30-14-8-6-9-15-30)41(45)43(52)47(25-4-2)34-22-21-31-16-12-13-19-33(31)27-34/h3-4,6-19,21-22,27,35-37,39-41,49H,1-2,5,20,23-26,28-29H2,(H,46,50)/t35-,36-,37-,39+,40+,41-,45+/m1/s1. The number of hydrogen-bond donors (Lipinski definition) is 2. The maximum absolute atomic E-state index is 15.2. The van der Waals surface area contributed by atoms with Gasteiger partial charge in [0.05, 0.1) is 37.1 Å². The SMILES string of the molecule is C=CCCC(=O)NC[C@@H](OC(=O)[C@@H]1[C@H]2C(=O)N([C@@H](CO)Cc3ccccc3)[C@H](C(=O)N(CC=C)c3ccc4ccccc4c3)[C@]23CC[C@H]1O3)c1ccccc1. The van der Waals surface area contributed by atoms with Gasteiger partial charge in [-0.05, 0) is 59.7 Å². The summed E-state index contributed by atoms with van der Waals surface area (Å²) in [6, 6.07) is 30.3. The van der Waals surface area contributed by atoms with Crippen LogP contribution in [-0.4, -0.2) is 77.2 Å². The highest BCUT2D eigenvalue weighted by atomic mass is 16.6. The quantitative estimate of drug-likeness (QED) is 0.112. The molecule has 2 N–H and O–H groups in total. The second-order valence-corrected chi connectivity index (χ2v) is 14.6. The van der Waals surface area contributed by atoms with Crippen LogP contribution < -0.4 is 10.2 Å². The molecule has 4 aromatic carbocycles. The molecule has 2 bridgehead atoms. The number of likely N-dealkylation sites (tertiary alicyclic amines) is 1. The third kappa shape index (κ3) is 7.32. The number of nitrogens with one attached hydrogen (secondary N) is 1. The molecule has 4 aromatic rings. The predicted octanol–water partition coefficient (Wildman–Crippen LogP) is 5.70. The summed E-state index contributed by atoms with van der Waals surface area (Å²) in [5.74, 6) is -3.67. The van der Waals surface area contributed by atoms with Crippen molar-refractivity contribution in [3.8, 4) is 0 Å². The largest absolute Gasteiger partial charge is 0.455 e. The highest BCUT2D eigenvalue weighted by Gasteiger charge is 2.75. The first kappa shape index (κ1) is 37.7. The van der Waals surface area contributed by atoms with Crippen LogP contribution in [0.25, 0.3) is 10.8 Å². The van der Waals surface area contributed by atoms with Gasteiger partial charge in [-0.2, -0.15) is 0 Å². The van der Waals surface area contributed by atoms with E-state index in [-0.39, 0.29) is 37.7 Å². The number of esters is 1. The molecule has 3 saturated heterocycles. The molecule has 3 heterocycles. The van der Waals surface area contributed by atoms with Gasteiger partial charge in [-0.25, -0.2) is 0 Å². The summed E-state index contributed by atoms with van der Waals surface area (Å²) in [6.07, 6.45) is 3.67. The van der Waals surface area contributed by atoms with Crippen molar-refractivity contribution in [1.82, 2.24) is 10.2 Å². The molecular weight excluding hydrogens is 695 g/mol. The molecule has 0 radical (unpaired) electrons. The molecule has 10 heteroatoms. The molecule has 55 heavy (non-hydrogen) atoms. The van der Waals surface area contributed by atoms with Crippen LogP contribution in [0, 0.1) is 11.8 Å². The van der Waals surface area contributed by atoms with Gasteiger partial charge in [-0.15, -0.1) is 13.2 Å². The minimum absolute atomic E-state index is 0.0346. The van der Waals surface area contributed by atoms with Gasteiger partial charge < -0.3 is 29.7 Å². The van der Waals surface area contributed by atoms with Gasteiger partial charge in [0, 0.05) is 18.7 Å². The van der Waals surface area contributed by atoms with Crippen molar-refractivity contribution in [3.63, 3.8) is 0 Å². The molecule has 0 unspecified atom stereocenters.